The van der Waals surface area contributed by atoms with Gasteiger partial charge in [-0.25, -0.2) is 0 Å². The third kappa shape index (κ3) is 4.04. The smallest absolute Gasteiger partial charge is 0.156 e. The Morgan fingerprint density at radius 3 is 2.62 bits per heavy atom. The summed E-state index contributed by atoms with van der Waals surface area (Å²) in [7, 11) is 0. The quantitative estimate of drug-likeness (QED) is 0.654. The number of hydrogen-bond donors (Lipinski definition) is 0. The third-order valence-corrected chi connectivity index (χ3v) is 3.40. The molecule has 0 aromatic carbocycles. The fraction of sp³-hybridized carbons (Fsp3) is 1.00. The highest BCUT2D eigenvalue weighted by Crippen LogP contribution is 2.22. The van der Waals surface area contributed by atoms with Gasteiger partial charge in [-0.05, 0) is 40.0 Å². The minimum Gasteiger partial charge on any atom is -0.353 e. The van der Waals surface area contributed by atoms with Gasteiger partial charge in [0.25, 0.3) is 0 Å². The van der Waals surface area contributed by atoms with Crippen LogP contribution >= 0.6 is 0 Å². The molecule has 16 heavy (non-hydrogen) atoms. The molecule has 1 rings (SSSR count). The number of hydrogen-bond acceptors (Lipinski definition) is 3. The van der Waals surface area contributed by atoms with E-state index in [4.69, 9.17) is 9.47 Å². The van der Waals surface area contributed by atoms with Gasteiger partial charge in [-0.3, -0.25) is 4.90 Å². The van der Waals surface area contributed by atoms with E-state index in [0.717, 1.165) is 0 Å². The lowest BCUT2D eigenvalue weighted by atomic mass is 10.00. The molecule has 0 aromatic heterocycles. The highest BCUT2D eigenvalue weighted by molar-refractivity contribution is 4.76. The van der Waals surface area contributed by atoms with Crippen LogP contribution < -0.4 is 0 Å². The monoisotopic (exact) mass is 229 g/mol. The molecule has 0 spiro atoms. The van der Waals surface area contributed by atoms with Gasteiger partial charge in [0.1, 0.15) is 6.23 Å². The van der Waals surface area contributed by atoms with Crippen LogP contribution in [0.2, 0.25) is 0 Å². The summed E-state index contributed by atoms with van der Waals surface area (Å²) < 4.78 is 11.3. The Bertz CT molecular complexity index is 187. The molecule has 3 unspecified atom stereocenters. The number of rotatable bonds is 6. The van der Waals surface area contributed by atoms with Crippen LogP contribution in [0, 0.1) is 0 Å². The predicted molar refractivity (Wildman–Crippen MR) is 66.3 cm³/mol. The SMILES string of the molecule is CCOC(C)OC(C)N1CCCCC1CC. The van der Waals surface area contributed by atoms with Gasteiger partial charge in [0.05, 0.1) is 0 Å². The molecule has 0 radical (unpaired) electrons. The first-order chi connectivity index (χ1) is 7.69. The minimum atomic E-state index is -0.0977. The lowest BCUT2D eigenvalue weighted by molar-refractivity contribution is -0.200. The Hall–Kier alpha value is -0.120. The van der Waals surface area contributed by atoms with Crippen LogP contribution in [0.1, 0.15) is 53.4 Å². The van der Waals surface area contributed by atoms with Gasteiger partial charge in [0, 0.05) is 19.2 Å². The fourth-order valence-corrected chi connectivity index (χ4v) is 2.57. The maximum absolute atomic E-state index is 5.87. The highest BCUT2D eigenvalue weighted by Gasteiger charge is 2.26. The molecule has 3 nitrogen and oxygen atoms in total. The van der Waals surface area contributed by atoms with Gasteiger partial charge < -0.3 is 9.47 Å². The normalized spacial score (nSPS) is 26.6. The van der Waals surface area contributed by atoms with Crippen molar-refractivity contribution in [2.45, 2.75) is 71.9 Å². The molecule has 1 aliphatic rings. The Morgan fingerprint density at radius 1 is 1.25 bits per heavy atom. The van der Waals surface area contributed by atoms with Crippen molar-refractivity contribution < 1.29 is 9.47 Å². The summed E-state index contributed by atoms with van der Waals surface area (Å²) in [5.74, 6) is 0. The maximum Gasteiger partial charge on any atom is 0.156 e. The summed E-state index contributed by atoms with van der Waals surface area (Å²) in [6.45, 7) is 10.3. The zero-order valence-corrected chi connectivity index (χ0v) is 11.2. The summed E-state index contributed by atoms with van der Waals surface area (Å²) >= 11 is 0. The molecular weight excluding hydrogens is 202 g/mol. The first-order valence-electron chi connectivity index (χ1n) is 6.71. The number of piperidine rings is 1. The van der Waals surface area contributed by atoms with Crippen molar-refractivity contribution in [2.24, 2.45) is 0 Å². The van der Waals surface area contributed by atoms with E-state index in [1.54, 1.807) is 0 Å². The number of nitrogens with zero attached hydrogens (tertiary/aromatic N) is 1. The molecule has 0 bridgehead atoms. The van der Waals surface area contributed by atoms with E-state index in [2.05, 4.69) is 18.7 Å². The molecule has 1 saturated heterocycles. The summed E-state index contributed by atoms with van der Waals surface area (Å²) in [6.07, 6.45) is 5.27. The third-order valence-electron chi connectivity index (χ3n) is 3.40. The van der Waals surface area contributed by atoms with E-state index in [-0.39, 0.29) is 12.5 Å². The van der Waals surface area contributed by atoms with E-state index in [1.807, 2.05) is 13.8 Å². The first kappa shape index (κ1) is 13.9. The molecule has 3 heteroatoms. The molecule has 0 amide bonds. The van der Waals surface area contributed by atoms with Crippen molar-refractivity contribution in [2.75, 3.05) is 13.2 Å². The Labute approximate surface area is 100 Å². The second-order valence-electron chi connectivity index (χ2n) is 4.55. The Morgan fingerprint density at radius 2 is 2.00 bits per heavy atom. The largest absolute Gasteiger partial charge is 0.353 e. The number of ether oxygens (including phenoxy) is 2. The topological polar surface area (TPSA) is 21.7 Å². The molecular formula is C13H27NO2. The molecule has 96 valence electrons. The molecule has 3 atom stereocenters. The molecule has 0 aliphatic carbocycles. The van der Waals surface area contributed by atoms with E-state index in [0.29, 0.717) is 12.6 Å². The second kappa shape index (κ2) is 7.25. The average Bonchev–Trinajstić information content (AvgIpc) is 2.29. The molecule has 1 heterocycles. The van der Waals surface area contributed by atoms with Crippen LogP contribution in [0.5, 0.6) is 0 Å². The van der Waals surface area contributed by atoms with Crippen molar-refractivity contribution in [1.29, 1.82) is 0 Å². The zero-order chi connectivity index (χ0) is 12.0. The lowest BCUT2D eigenvalue weighted by Gasteiger charge is -2.39. The van der Waals surface area contributed by atoms with Gasteiger partial charge in [-0.15, -0.1) is 0 Å². The van der Waals surface area contributed by atoms with Crippen LogP contribution in [-0.2, 0) is 9.47 Å². The van der Waals surface area contributed by atoms with Crippen LogP contribution in [0.15, 0.2) is 0 Å². The summed E-state index contributed by atoms with van der Waals surface area (Å²) in [6, 6.07) is 0.692. The fourth-order valence-electron chi connectivity index (χ4n) is 2.57. The number of likely N-dealkylation sites (tertiary alicyclic amines) is 1. The summed E-state index contributed by atoms with van der Waals surface area (Å²) in [4.78, 5) is 2.49. The standard InChI is InChI=1S/C13H27NO2/c1-5-13-9-7-8-10-14(13)11(3)16-12(4)15-6-2/h11-13H,5-10H2,1-4H3. The van der Waals surface area contributed by atoms with E-state index in [1.165, 1.54) is 32.2 Å². The highest BCUT2D eigenvalue weighted by atomic mass is 16.7. The van der Waals surface area contributed by atoms with Crippen molar-refractivity contribution >= 4 is 0 Å². The van der Waals surface area contributed by atoms with E-state index in [9.17, 15) is 0 Å². The summed E-state index contributed by atoms with van der Waals surface area (Å²) in [5.41, 5.74) is 0. The van der Waals surface area contributed by atoms with Crippen LogP contribution in [-0.4, -0.2) is 36.6 Å². The van der Waals surface area contributed by atoms with Crippen molar-refractivity contribution in [1.82, 2.24) is 4.90 Å². The van der Waals surface area contributed by atoms with Gasteiger partial charge in [-0.2, -0.15) is 0 Å². The predicted octanol–water partition coefficient (Wildman–Crippen LogP) is 3.00. The van der Waals surface area contributed by atoms with Gasteiger partial charge in [0.15, 0.2) is 6.29 Å². The molecule has 0 aromatic rings. The van der Waals surface area contributed by atoms with Crippen molar-refractivity contribution in [3.63, 3.8) is 0 Å². The van der Waals surface area contributed by atoms with Crippen LogP contribution in [0.4, 0.5) is 0 Å². The minimum absolute atomic E-state index is 0.0977. The lowest BCUT2D eigenvalue weighted by Crippen LogP contribution is -2.47. The molecule has 0 N–H and O–H groups in total. The van der Waals surface area contributed by atoms with Crippen LogP contribution in [0.3, 0.4) is 0 Å². The molecule has 1 fully saturated rings. The van der Waals surface area contributed by atoms with E-state index < -0.39 is 0 Å². The van der Waals surface area contributed by atoms with E-state index >= 15 is 0 Å². The first-order valence-corrected chi connectivity index (χ1v) is 6.71. The van der Waals surface area contributed by atoms with Gasteiger partial charge in [0.2, 0.25) is 0 Å². The Balaban J connectivity index is 2.40. The summed E-state index contributed by atoms with van der Waals surface area (Å²) in [5, 5.41) is 0. The van der Waals surface area contributed by atoms with Gasteiger partial charge >= 0.3 is 0 Å². The van der Waals surface area contributed by atoms with Crippen LogP contribution in [0.25, 0.3) is 0 Å². The van der Waals surface area contributed by atoms with Crippen molar-refractivity contribution in [3.8, 4) is 0 Å². The van der Waals surface area contributed by atoms with Crippen molar-refractivity contribution in [3.05, 3.63) is 0 Å². The molecule has 0 saturated carbocycles. The van der Waals surface area contributed by atoms with Gasteiger partial charge in [-0.1, -0.05) is 13.3 Å². The average molecular weight is 229 g/mol. The molecule has 1 aliphatic heterocycles. The Kier molecular flexibility index (Phi) is 6.32. The maximum atomic E-state index is 5.87. The second-order valence-corrected chi connectivity index (χ2v) is 4.55. The zero-order valence-electron chi connectivity index (χ0n) is 11.2.